The highest BCUT2D eigenvalue weighted by atomic mass is 16.5. The van der Waals surface area contributed by atoms with Crippen molar-refractivity contribution >= 4 is 5.91 Å². The topological polar surface area (TPSA) is 105 Å². The number of aromatic nitrogens is 4. The first-order valence-corrected chi connectivity index (χ1v) is 8.69. The number of nitrogens with one attached hydrogen (secondary N) is 1. The maximum Gasteiger partial charge on any atom is 0.264 e. The van der Waals surface area contributed by atoms with Gasteiger partial charge in [0.25, 0.3) is 5.56 Å². The summed E-state index contributed by atoms with van der Waals surface area (Å²) in [6.07, 6.45) is 2.75. The van der Waals surface area contributed by atoms with Crippen LogP contribution in [0.15, 0.2) is 21.5 Å². The van der Waals surface area contributed by atoms with Crippen LogP contribution in [0, 0.1) is 0 Å². The quantitative estimate of drug-likeness (QED) is 0.883. The maximum absolute atomic E-state index is 12.5. The molecule has 3 heterocycles. The normalized spacial score (nSPS) is 17.9. The van der Waals surface area contributed by atoms with Gasteiger partial charge in [-0.3, -0.25) is 9.59 Å². The van der Waals surface area contributed by atoms with E-state index in [-0.39, 0.29) is 23.3 Å². The Balaban J connectivity index is 1.57. The minimum atomic E-state index is -0.241. The van der Waals surface area contributed by atoms with Gasteiger partial charge in [0.1, 0.15) is 0 Å². The van der Waals surface area contributed by atoms with Gasteiger partial charge in [0.2, 0.25) is 11.8 Å². The Kier molecular flexibility index (Phi) is 5.25. The Morgan fingerprint density at radius 3 is 2.96 bits per heavy atom. The molecule has 0 aliphatic carbocycles. The summed E-state index contributed by atoms with van der Waals surface area (Å²) >= 11 is 0. The molecule has 2 aromatic heterocycles. The highest BCUT2D eigenvalue weighted by Crippen LogP contribution is 2.27. The van der Waals surface area contributed by atoms with Crippen LogP contribution in [0.25, 0.3) is 0 Å². The second-order valence-electron chi connectivity index (χ2n) is 6.74. The van der Waals surface area contributed by atoms with Crippen molar-refractivity contribution in [3.8, 4) is 0 Å². The fourth-order valence-electron chi connectivity index (χ4n) is 2.96. The van der Waals surface area contributed by atoms with Crippen LogP contribution in [-0.2, 0) is 11.2 Å². The molecular weight excluding hydrogens is 322 g/mol. The first-order chi connectivity index (χ1) is 12.0. The number of hydrogen-bond acceptors (Lipinski definition) is 6. The van der Waals surface area contributed by atoms with E-state index in [1.54, 1.807) is 6.07 Å². The van der Waals surface area contributed by atoms with Crippen molar-refractivity contribution in [2.45, 2.75) is 51.4 Å². The van der Waals surface area contributed by atoms with E-state index in [4.69, 9.17) is 4.52 Å². The highest BCUT2D eigenvalue weighted by Gasteiger charge is 2.28. The first kappa shape index (κ1) is 17.3. The first-order valence-electron chi connectivity index (χ1n) is 8.69. The van der Waals surface area contributed by atoms with Crippen molar-refractivity contribution in [2.75, 3.05) is 13.1 Å². The molecule has 1 aliphatic rings. The molecule has 0 bridgehead atoms. The standard InChI is InChI=1S/C17H23N5O3/c1-11(2)16-18-17(25-21-16)12-4-3-9-22(10-12)15(24)8-6-13-5-7-14(23)20-19-13/h5,7,11-12H,3-4,6,8-10H2,1-2H3,(H,20,23). The minimum Gasteiger partial charge on any atom is -0.342 e. The molecule has 1 atom stereocenters. The van der Waals surface area contributed by atoms with Gasteiger partial charge in [-0.15, -0.1) is 0 Å². The van der Waals surface area contributed by atoms with Crippen LogP contribution in [0.3, 0.4) is 0 Å². The van der Waals surface area contributed by atoms with E-state index in [1.165, 1.54) is 6.07 Å². The molecule has 0 aromatic carbocycles. The largest absolute Gasteiger partial charge is 0.342 e. The number of H-pyrrole nitrogens is 1. The van der Waals surface area contributed by atoms with Crippen molar-refractivity contribution in [1.29, 1.82) is 0 Å². The van der Waals surface area contributed by atoms with Crippen LogP contribution < -0.4 is 5.56 Å². The van der Waals surface area contributed by atoms with E-state index in [9.17, 15) is 9.59 Å². The zero-order valence-electron chi connectivity index (χ0n) is 14.6. The van der Waals surface area contributed by atoms with Crippen LogP contribution in [0.1, 0.15) is 62.4 Å². The summed E-state index contributed by atoms with van der Waals surface area (Å²) in [5.74, 6) is 1.75. The average molecular weight is 345 g/mol. The van der Waals surface area contributed by atoms with E-state index in [1.807, 2.05) is 18.7 Å². The summed E-state index contributed by atoms with van der Waals surface area (Å²) in [5, 5.41) is 10.3. The van der Waals surface area contributed by atoms with Gasteiger partial charge in [0, 0.05) is 37.9 Å². The fraction of sp³-hybridized carbons (Fsp3) is 0.588. The number of nitrogens with zero attached hydrogens (tertiary/aromatic N) is 4. The summed E-state index contributed by atoms with van der Waals surface area (Å²) in [6.45, 7) is 5.41. The molecule has 134 valence electrons. The predicted octanol–water partition coefficient (Wildman–Crippen LogP) is 1.62. The number of carbonyl (C=O) groups is 1. The highest BCUT2D eigenvalue weighted by molar-refractivity contribution is 5.76. The summed E-state index contributed by atoms with van der Waals surface area (Å²) in [4.78, 5) is 29.8. The lowest BCUT2D eigenvalue weighted by atomic mass is 9.97. The summed E-state index contributed by atoms with van der Waals surface area (Å²) in [5.41, 5.74) is 0.467. The van der Waals surface area contributed by atoms with Gasteiger partial charge in [-0.25, -0.2) is 5.10 Å². The van der Waals surface area contributed by atoms with E-state index < -0.39 is 0 Å². The van der Waals surface area contributed by atoms with Crippen LogP contribution in [0.5, 0.6) is 0 Å². The van der Waals surface area contributed by atoms with Crippen molar-refractivity contribution in [3.63, 3.8) is 0 Å². The third kappa shape index (κ3) is 4.32. The minimum absolute atomic E-state index is 0.0845. The summed E-state index contributed by atoms with van der Waals surface area (Å²) < 4.78 is 5.39. The average Bonchev–Trinajstić information content (AvgIpc) is 3.11. The van der Waals surface area contributed by atoms with Crippen molar-refractivity contribution < 1.29 is 9.32 Å². The zero-order chi connectivity index (χ0) is 17.8. The van der Waals surface area contributed by atoms with Gasteiger partial charge in [0.05, 0.1) is 11.6 Å². The molecule has 1 saturated heterocycles. The Hall–Kier alpha value is -2.51. The third-order valence-corrected chi connectivity index (χ3v) is 4.43. The van der Waals surface area contributed by atoms with Gasteiger partial charge >= 0.3 is 0 Å². The maximum atomic E-state index is 12.5. The van der Waals surface area contributed by atoms with E-state index in [0.29, 0.717) is 36.8 Å². The van der Waals surface area contributed by atoms with Gasteiger partial charge in [-0.1, -0.05) is 19.0 Å². The number of hydrogen-bond donors (Lipinski definition) is 1. The van der Waals surface area contributed by atoms with Crippen molar-refractivity contribution in [2.24, 2.45) is 0 Å². The monoisotopic (exact) mass is 345 g/mol. The second-order valence-corrected chi connectivity index (χ2v) is 6.74. The lowest BCUT2D eigenvalue weighted by molar-refractivity contribution is -0.132. The van der Waals surface area contributed by atoms with Crippen LogP contribution in [-0.4, -0.2) is 44.2 Å². The molecule has 0 radical (unpaired) electrons. The molecule has 3 rings (SSSR count). The SMILES string of the molecule is CC(C)c1noc(C2CCCN(C(=O)CCc3ccc(=O)[nH]n3)C2)n1. The summed E-state index contributed by atoms with van der Waals surface area (Å²) in [6, 6.07) is 3.07. The summed E-state index contributed by atoms with van der Waals surface area (Å²) in [7, 11) is 0. The van der Waals surface area contributed by atoms with Crippen molar-refractivity contribution in [3.05, 3.63) is 39.9 Å². The Labute approximate surface area is 145 Å². The third-order valence-electron chi connectivity index (χ3n) is 4.43. The molecule has 8 nitrogen and oxygen atoms in total. The molecule has 8 heteroatoms. The van der Waals surface area contributed by atoms with E-state index >= 15 is 0 Å². The molecule has 1 amide bonds. The predicted molar refractivity (Wildman–Crippen MR) is 90.1 cm³/mol. The molecule has 1 N–H and O–H groups in total. The van der Waals surface area contributed by atoms with Gasteiger partial charge < -0.3 is 9.42 Å². The molecule has 0 saturated carbocycles. The molecular formula is C17H23N5O3. The molecule has 25 heavy (non-hydrogen) atoms. The second kappa shape index (κ2) is 7.58. The molecule has 1 unspecified atom stereocenters. The number of aromatic amines is 1. The van der Waals surface area contributed by atoms with Crippen molar-refractivity contribution in [1.82, 2.24) is 25.2 Å². The number of likely N-dealkylation sites (tertiary alicyclic amines) is 1. The number of amides is 1. The molecule has 1 fully saturated rings. The van der Waals surface area contributed by atoms with Crippen LogP contribution in [0.4, 0.5) is 0 Å². The fourth-order valence-corrected chi connectivity index (χ4v) is 2.96. The lowest BCUT2D eigenvalue weighted by Gasteiger charge is -2.31. The van der Waals surface area contributed by atoms with Crippen LogP contribution in [0.2, 0.25) is 0 Å². The number of aryl methyl sites for hydroxylation is 1. The molecule has 0 spiro atoms. The van der Waals surface area contributed by atoms with E-state index in [0.717, 1.165) is 19.4 Å². The molecule has 2 aromatic rings. The van der Waals surface area contributed by atoms with E-state index in [2.05, 4.69) is 20.3 Å². The van der Waals surface area contributed by atoms with Gasteiger partial charge in [-0.05, 0) is 18.9 Å². The number of piperidine rings is 1. The van der Waals surface area contributed by atoms with Gasteiger partial charge in [0.15, 0.2) is 5.82 Å². The number of carbonyl (C=O) groups excluding carboxylic acids is 1. The van der Waals surface area contributed by atoms with Crippen LogP contribution >= 0.6 is 0 Å². The number of rotatable bonds is 5. The smallest absolute Gasteiger partial charge is 0.264 e. The lowest BCUT2D eigenvalue weighted by Crippen LogP contribution is -2.39. The molecule has 1 aliphatic heterocycles. The van der Waals surface area contributed by atoms with Gasteiger partial charge in [-0.2, -0.15) is 10.1 Å². The Morgan fingerprint density at radius 1 is 1.44 bits per heavy atom. The Bertz CT molecular complexity index is 762. The Morgan fingerprint density at radius 2 is 2.28 bits per heavy atom. The zero-order valence-corrected chi connectivity index (χ0v) is 14.6.